The molecule has 18 heavy (non-hydrogen) atoms. The van der Waals surface area contributed by atoms with Crippen molar-refractivity contribution in [2.45, 2.75) is 26.1 Å². The highest BCUT2D eigenvalue weighted by molar-refractivity contribution is 7.87. The number of halogens is 3. The van der Waals surface area contributed by atoms with Crippen LogP contribution in [0.25, 0.3) is 0 Å². The fourth-order valence-corrected chi connectivity index (χ4v) is 2.15. The van der Waals surface area contributed by atoms with Gasteiger partial charge < -0.3 is 10.9 Å². The van der Waals surface area contributed by atoms with E-state index in [9.17, 15) is 21.6 Å². The largest absolute Gasteiger partial charge is 0.409 e. The third-order valence-electron chi connectivity index (χ3n) is 1.85. The van der Waals surface area contributed by atoms with Gasteiger partial charge in [-0.1, -0.05) is 19.0 Å². The molecule has 0 aromatic carbocycles. The minimum Gasteiger partial charge on any atom is -0.409 e. The van der Waals surface area contributed by atoms with Gasteiger partial charge in [-0.25, -0.2) is 0 Å². The van der Waals surface area contributed by atoms with E-state index in [1.807, 2.05) is 4.72 Å². The first-order valence-electron chi connectivity index (χ1n) is 4.79. The smallest absolute Gasteiger partial charge is 0.402 e. The zero-order valence-electron chi connectivity index (χ0n) is 9.69. The predicted molar refractivity (Wildman–Crippen MR) is 58.1 cm³/mol. The normalized spacial score (nSPS) is 16.0. The third-order valence-corrected chi connectivity index (χ3v) is 2.93. The number of amidine groups is 1. The Kier molecular flexibility index (Phi) is 5.83. The molecule has 0 fully saturated rings. The Balaban J connectivity index is 4.73. The van der Waals surface area contributed by atoms with Gasteiger partial charge >= 0.3 is 6.18 Å². The van der Waals surface area contributed by atoms with E-state index in [0.29, 0.717) is 0 Å². The summed E-state index contributed by atoms with van der Waals surface area (Å²) in [6.07, 6.45) is -4.67. The van der Waals surface area contributed by atoms with Crippen LogP contribution in [0.3, 0.4) is 0 Å². The van der Waals surface area contributed by atoms with Gasteiger partial charge in [0.2, 0.25) is 0 Å². The summed E-state index contributed by atoms with van der Waals surface area (Å²) in [5.74, 6) is -0.856. The summed E-state index contributed by atoms with van der Waals surface area (Å²) in [6.45, 7) is 1.40. The van der Waals surface area contributed by atoms with E-state index in [0.717, 1.165) is 0 Å². The Morgan fingerprint density at radius 2 is 1.94 bits per heavy atom. The van der Waals surface area contributed by atoms with Crippen molar-refractivity contribution < 1.29 is 26.8 Å². The van der Waals surface area contributed by atoms with Crippen molar-refractivity contribution >= 4 is 16.0 Å². The molecule has 0 rings (SSSR count). The number of nitrogens with two attached hydrogens (primary N) is 1. The van der Waals surface area contributed by atoms with Crippen LogP contribution in [0.1, 0.15) is 13.8 Å². The van der Waals surface area contributed by atoms with Gasteiger partial charge in [-0.05, 0) is 5.92 Å². The van der Waals surface area contributed by atoms with Crippen molar-refractivity contribution in [2.24, 2.45) is 16.8 Å². The molecule has 108 valence electrons. The highest BCUT2D eigenvalue weighted by Crippen LogP contribution is 2.12. The van der Waals surface area contributed by atoms with Crippen molar-refractivity contribution in [1.82, 2.24) is 9.44 Å². The topological polar surface area (TPSA) is 117 Å². The van der Waals surface area contributed by atoms with Crippen molar-refractivity contribution in [3.8, 4) is 0 Å². The van der Waals surface area contributed by atoms with Crippen molar-refractivity contribution in [1.29, 1.82) is 0 Å². The van der Waals surface area contributed by atoms with Crippen LogP contribution in [0, 0.1) is 5.92 Å². The van der Waals surface area contributed by atoms with E-state index < -0.39 is 40.7 Å². The molecule has 1 unspecified atom stereocenters. The predicted octanol–water partition coefficient (Wildman–Crippen LogP) is -0.256. The summed E-state index contributed by atoms with van der Waals surface area (Å²) in [5, 5.41) is 11.1. The number of nitrogens with one attached hydrogen (secondary N) is 2. The maximum atomic E-state index is 11.9. The first-order chi connectivity index (χ1) is 7.98. The van der Waals surface area contributed by atoms with Crippen molar-refractivity contribution in [3.63, 3.8) is 0 Å². The lowest BCUT2D eigenvalue weighted by Crippen LogP contribution is -2.52. The maximum absolute atomic E-state index is 11.9. The van der Waals surface area contributed by atoms with Gasteiger partial charge in [0.15, 0.2) is 5.84 Å². The van der Waals surface area contributed by atoms with Crippen LogP contribution in [0.15, 0.2) is 5.16 Å². The molecule has 0 aromatic rings. The average molecular weight is 292 g/mol. The first kappa shape index (κ1) is 16.9. The van der Waals surface area contributed by atoms with Crippen LogP contribution >= 0.6 is 0 Å². The van der Waals surface area contributed by atoms with E-state index in [4.69, 9.17) is 10.9 Å². The van der Waals surface area contributed by atoms with Crippen molar-refractivity contribution in [3.05, 3.63) is 0 Å². The molecule has 0 saturated heterocycles. The summed E-state index contributed by atoms with van der Waals surface area (Å²) >= 11 is 0. The van der Waals surface area contributed by atoms with Gasteiger partial charge in [0.05, 0.1) is 6.04 Å². The standard InChI is InChI=1S/C7H15F3N4O3S/c1-4(2)5(6(11)13-15)14-18(16,17)12-3-7(8,9)10/h4-5,12,14-15H,3H2,1-2H3,(H2,11,13). The van der Waals surface area contributed by atoms with E-state index in [1.165, 1.54) is 4.72 Å². The molecular weight excluding hydrogens is 277 g/mol. The van der Waals surface area contributed by atoms with E-state index in [1.54, 1.807) is 13.8 Å². The Labute approximate surface area is 102 Å². The highest BCUT2D eigenvalue weighted by atomic mass is 32.2. The van der Waals surface area contributed by atoms with Crippen molar-refractivity contribution in [2.75, 3.05) is 6.54 Å². The Hall–Kier alpha value is -1.07. The quantitative estimate of drug-likeness (QED) is 0.233. The monoisotopic (exact) mass is 292 g/mol. The Bertz CT molecular complexity index is 393. The second-order valence-corrected chi connectivity index (χ2v) is 5.34. The SMILES string of the molecule is CC(C)C(NS(=O)(=O)NCC(F)(F)F)C(N)=NO. The van der Waals surface area contributed by atoms with Crippen LogP contribution in [0.2, 0.25) is 0 Å². The summed E-state index contributed by atoms with van der Waals surface area (Å²) < 4.78 is 61.4. The summed E-state index contributed by atoms with van der Waals surface area (Å²) in [4.78, 5) is 0. The van der Waals surface area contributed by atoms with E-state index in [2.05, 4.69) is 5.16 Å². The van der Waals surface area contributed by atoms with E-state index >= 15 is 0 Å². The average Bonchev–Trinajstić information content (AvgIpc) is 2.21. The number of hydrogen-bond donors (Lipinski definition) is 4. The number of alkyl halides is 3. The summed E-state index contributed by atoms with van der Waals surface area (Å²) in [7, 11) is -4.41. The number of hydrogen-bond acceptors (Lipinski definition) is 4. The Morgan fingerprint density at radius 1 is 1.44 bits per heavy atom. The minimum atomic E-state index is -4.67. The molecule has 11 heteroatoms. The lowest BCUT2D eigenvalue weighted by atomic mass is 10.1. The molecule has 0 saturated carbocycles. The fourth-order valence-electron chi connectivity index (χ4n) is 0.986. The molecular formula is C7H15F3N4O3S. The third kappa shape index (κ3) is 6.61. The summed E-state index contributed by atoms with van der Waals surface area (Å²) in [6, 6.07) is -1.11. The molecule has 0 aromatic heterocycles. The van der Waals surface area contributed by atoms with Crippen LogP contribution in [0.5, 0.6) is 0 Å². The van der Waals surface area contributed by atoms with Gasteiger partial charge in [-0.15, -0.1) is 0 Å². The highest BCUT2D eigenvalue weighted by Gasteiger charge is 2.31. The van der Waals surface area contributed by atoms with Gasteiger partial charge in [0.1, 0.15) is 6.54 Å². The fraction of sp³-hybridized carbons (Fsp3) is 0.857. The maximum Gasteiger partial charge on any atom is 0.402 e. The molecule has 7 nitrogen and oxygen atoms in total. The number of nitrogens with zero attached hydrogens (tertiary/aromatic N) is 1. The van der Waals surface area contributed by atoms with Crippen LogP contribution in [-0.4, -0.2) is 38.2 Å². The first-order valence-corrected chi connectivity index (χ1v) is 6.28. The molecule has 0 aliphatic heterocycles. The second kappa shape index (κ2) is 6.20. The number of rotatable bonds is 6. The van der Waals surface area contributed by atoms with E-state index in [-0.39, 0.29) is 0 Å². The molecule has 1 atom stereocenters. The lowest BCUT2D eigenvalue weighted by molar-refractivity contribution is -0.121. The second-order valence-electron chi connectivity index (χ2n) is 3.80. The zero-order valence-corrected chi connectivity index (χ0v) is 10.5. The molecule has 0 spiro atoms. The molecule has 0 bridgehead atoms. The molecule has 0 heterocycles. The molecule has 0 aliphatic carbocycles. The van der Waals surface area contributed by atoms with Gasteiger partial charge in [0.25, 0.3) is 10.2 Å². The molecule has 0 amide bonds. The molecule has 0 aliphatic rings. The van der Waals surface area contributed by atoms with Crippen LogP contribution in [0.4, 0.5) is 13.2 Å². The minimum absolute atomic E-state index is 0.414. The Morgan fingerprint density at radius 3 is 2.28 bits per heavy atom. The van der Waals surface area contributed by atoms with Crippen LogP contribution in [-0.2, 0) is 10.2 Å². The van der Waals surface area contributed by atoms with Gasteiger partial charge in [-0.2, -0.15) is 31.0 Å². The lowest BCUT2D eigenvalue weighted by Gasteiger charge is -2.21. The van der Waals surface area contributed by atoms with Crippen LogP contribution < -0.4 is 15.2 Å². The number of oxime groups is 1. The molecule has 0 radical (unpaired) electrons. The summed E-state index contributed by atoms with van der Waals surface area (Å²) in [5.41, 5.74) is 5.23. The zero-order chi connectivity index (χ0) is 14.6. The van der Waals surface area contributed by atoms with Gasteiger partial charge in [0, 0.05) is 0 Å². The van der Waals surface area contributed by atoms with Gasteiger partial charge in [-0.3, -0.25) is 0 Å². The molecule has 5 N–H and O–H groups in total.